The Morgan fingerprint density at radius 1 is 1.10 bits per heavy atom. The molecule has 0 aromatic heterocycles. The summed E-state index contributed by atoms with van der Waals surface area (Å²) in [4.78, 5) is 0. The second kappa shape index (κ2) is 6.16. The Hall–Kier alpha value is -0.390. The Kier molecular flexibility index (Phi) is 4.48. The molecule has 2 aromatic carbocycles. The predicted octanol–water partition coefficient (Wildman–Crippen LogP) is 5.40. The predicted molar refractivity (Wildman–Crippen MR) is 94.0 cm³/mol. The van der Waals surface area contributed by atoms with Gasteiger partial charge in [0.2, 0.25) is 0 Å². The molecule has 1 aliphatic rings. The van der Waals surface area contributed by atoms with E-state index >= 15 is 0 Å². The number of aliphatic hydroxyl groups is 1. The van der Waals surface area contributed by atoms with Crippen molar-refractivity contribution in [3.63, 3.8) is 0 Å². The van der Waals surface area contributed by atoms with Gasteiger partial charge in [-0.2, -0.15) is 0 Å². The molecule has 0 saturated heterocycles. The van der Waals surface area contributed by atoms with Crippen LogP contribution in [0.1, 0.15) is 48.0 Å². The van der Waals surface area contributed by atoms with Gasteiger partial charge >= 0.3 is 0 Å². The molecule has 1 saturated carbocycles. The second-order valence-corrected chi connectivity index (χ2v) is 7.40. The van der Waals surface area contributed by atoms with E-state index in [1.54, 1.807) is 0 Å². The molecule has 0 heterocycles. The molecule has 0 radical (unpaired) electrons. The fraction of sp³-hybridized carbons (Fsp3) is 0.294. The van der Waals surface area contributed by atoms with Gasteiger partial charge in [0.15, 0.2) is 0 Å². The van der Waals surface area contributed by atoms with E-state index in [1.807, 2.05) is 24.3 Å². The van der Waals surface area contributed by atoms with Gasteiger partial charge in [0.05, 0.1) is 0 Å². The highest BCUT2D eigenvalue weighted by Crippen LogP contribution is 2.41. The van der Waals surface area contributed by atoms with E-state index in [1.165, 1.54) is 24.8 Å². The van der Waals surface area contributed by atoms with Crippen LogP contribution in [0, 0.1) is 3.57 Å². The summed E-state index contributed by atoms with van der Waals surface area (Å²) in [5.41, 5.74) is 3.36. The van der Waals surface area contributed by atoms with Crippen molar-refractivity contribution in [3.8, 4) is 0 Å². The maximum absolute atomic E-state index is 10.8. The van der Waals surface area contributed by atoms with E-state index in [4.69, 9.17) is 0 Å². The lowest BCUT2D eigenvalue weighted by molar-refractivity contribution is 0.216. The summed E-state index contributed by atoms with van der Waals surface area (Å²) in [5.74, 6) is 0.630. The van der Waals surface area contributed by atoms with Gasteiger partial charge in [-0.15, -0.1) is 0 Å². The van der Waals surface area contributed by atoms with E-state index in [9.17, 15) is 5.11 Å². The molecule has 1 nitrogen and oxygen atoms in total. The standard InChI is InChI=1S/C17H16BrIO/c18-12-8-9-16(19)15(10-12)17(20)14-7-2-1-6-13(14)11-4-3-5-11/h1-2,6-11,17,20H,3-5H2. The normalized spacial score (nSPS) is 16.8. The van der Waals surface area contributed by atoms with Crippen LogP contribution < -0.4 is 0 Å². The first-order valence-electron chi connectivity index (χ1n) is 6.88. The maximum Gasteiger partial charge on any atom is 0.105 e. The third-order valence-electron chi connectivity index (χ3n) is 4.09. The largest absolute Gasteiger partial charge is 0.384 e. The molecule has 1 fully saturated rings. The Morgan fingerprint density at radius 2 is 1.85 bits per heavy atom. The SMILES string of the molecule is OC(c1cc(Br)ccc1I)c1ccccc1C1CCC1. The lowest BCUT2D eigenvalue weighted by Gasteiger charge is -2.29. The lowest BCUT2D eigenvalue weighted by atomic mass is 9.77. The molecule has 0 bridgehead atoms. The average molecular weight is 443 g/mol. The van der Waals surface area contributed by atoms with Crippen molar-refractivity contribution in [1.82, 2.24) is 0 Å². The number of aliphatic hydroxyl groups excluding tert-OH is 1. The molecule has 104 valence electrons. The number of hydrogen-bond donors (Lipinski definition) is 1. The van der Waals surface area contributed by atoms with Crippen molar-refractivity contribution in [2.24, 2.45) is 0 Å². The van der Waals surface area contributed by atoms with Crippen molar-refractivity contribution in [2.75, 3.05) is 0 Å². The summed E-state index contributed by atoms with van der Waals surface area (Å²) in [6, 6.07) is 14.4. The van der Waals surface area contributed by atoms with Gasteiger partial charge in [-0.1, -0.05) is 46.6 Å². The molecule has 0 amide bonds. The van der Waals surface area contributed by atoms with Gasteiger partial charge in [-0.25, -0.2) is 0 Å². The molecule has 0 aliphatic heterocycles. The highest BCUT2D eigenvalue weighted by atomic mass is 127. The molecular weight excluding hydrogens is 427 g/mol. The molecule has 2 aromatic rings. The van der Waals surface area contributed by atoms with Crippen LogP contribution in [0.5, 0.6) is 0 Å². The number of halogens is 2. The molecule has 0 spiro atoms. The van der Waals surface area contributed by atoms with Crippen molar-refractivity contribution in [2.45, 2.75) is 31.3 Å². The Morgan fingerprint density at radius 3 is 2.55 bits per heavy atom. The Balaban J connectivity index is 2.01. The zero-order valence-electron chi connectivity index (χ0n) is 11.0. The second-order valence-electron chi connectivity index (χ2n) is 5.33. The topological polar surface area (TPSA) is 20.2 Å². The van der Waals surface area contributed by atoms with Gasteiger partial charge in [0, 0.05) is 8.04 Å². The molecule has 20 heavy (non-hydrogen) atoms. The van der Waals surface area contributed by atoms with Crippen LogP contribution >= 0.6 is 38.5 Å². The van der Waals surface area contributed by atoms with E-state index < -0.39 is 6.10 Å². The maximum atomic E-state index is 10.8. The fourth-order valence-corrected chi connectivity index (χ4v) is 3.75. The molecule has 3 rings (SSSR count). The van der Waals surface area contributed by atoms with Crippen LogP contribution in [0.15, 0.2) is 46.9 Å². The van der Waals surface area contributed by atoms with Gasteiger partial charge in [-0.3, -0.25) is 0 Å². The third-order valence-corrected chi connectivity index (χ3v) is 5.56. The Bertz CT molecular complexity index is 622. The molecular formula is C17H16BrIO. The van der Waals surface area contributed by atoms with Gasteiger partial charge in [-0.05, 0) is 76.2 Å². The minimum Gasteiger partial charge on any atom is -0.384 e. The van der Waals surface area contributed by atoms with Crippen molar-refractivity contribution in [1.29, 1.82) is 0 Å². The lowest BCUT2D eigenvalue weighted by Crippen LogP contribution is -2.14. The minimum absolute atomic E-state index is 0.545. The number of hydrogen-bond acceptors (Lipinski definition) is 1. The van der Waals surface area contributed by atoms with E-state index in [-0.39, 0.29) is 0 Å². The summed E-state index contributed by atoms with van der Waals surface area (Å²) in [6.07, 6.45) is 3.26. The van der Waals surface area contributed by atoms with Crippen LogP contribution in [0.2, 0.25) is 0 Å². The summed E-state index contributed by atoms with van der Waals surface area (Å²) in [6.45, 7) is 0. The number of rotatable bonds is 3. The monoisotopic (exact) mass is 442 g/mol. The van der Waals surface area contributed by atoms with Gasteiger partial charge < -0.3 is 5.11 Å². The van der Waals surface area contributed by atoms with Crippen molar-refractivity contribution >= 4 is 38.5 Å². The summed E-state index contributed by atoms with van der Waals surface area (Å²) < 4.78 is 2.11. The quantitative estimate of drug-likeness (QED) is 0.630. The van der Waals surface area contributed by atoms with Crippen LogP contribution in [-0.2, 0) is 0 Å². The first-order chi connectivity index (χ1) is 9.66. The zero-order valence-corrected chi connectivity index (χ0v) is 14.8. The van der Waals surface area contributed by atoms with E-state index in [2.05, 4.69) is 56.7 Å². The van der Waals surface area contributed by atoms with E-state index in [0.29, 0.717) is 5.92 Å². The highest BCUT2D eigenvalue weighted by molar-refractivity contribution is 14.1. The van der Waals surface area contributed by atoms with Gasteiger partial charge in [0.25, 0.3) is 0 Å². The third kappa shape index (κ3) is 2.81. The smallest absolute Gasteiger partial charge is 0.105 e. The average Bonchev–Trinajstić information content (AvgIpc) is 2.39. The van der Waals surface area contributed by atoms with Crippen LogP contribution in [0.3, 0.4) is 0 Å². The van der Waals surface area contributed by atoms with E-state index in [0.717, 1.165) is 19.2 Å². The van der Waals surface area contributed by atoms with Crippen molar-refractivity contribution in [3.05, 3.63) is 67.2 Å². The minimum atomic E-state index is -0.545. The van der Waals surface area contributed by atoms with Crippen molar-refractivity contribution < 1.29 is 5.11 Å². The van der Waals surface area contributed by atoms with Crippen LogP contribution in [0.25, 0.3) is 0 Å². The number of benzene rings is 2. The molecule has 3 heteroatoms. The Labute approximate surface area is 141 Å². The molecule has 1 aliphatic carbocycles. The first kappa shape index (κ1) is 14.5. The van der Waals surface area contributed by atoms with Crippen LogP contribution in [-0.4, -0.2) is 5.11 Å². The van der Waals surface area contributed by atoms with Gasteiger partial charge in [0.1, 0.15) is 6.10 Å². The highest BCUT2D eigenvalue weighted by Gasteiger charge is 2.25. The first-order valence-corrected chi connectivity index (χ1v) is 8.76. The fourth-order valence-electron chi connectivity index (χ4n) is 2.74. The summed E-state index contributed by atoms with van der Waals surface area (Å²) in [5, 5.41) is 10.8. The molecule has 1 N–H and O–H groups in total. The zero-order chi connectivity index (χ0) is 14.1. The molecule has 1 atom stereocenters. The summed E-state index contributed by atoms with van der Waals surface area (Å²) in [7, 11) is 0. The molecule has 1 unspecified atom stereocenters. The van der Waals surface area contributed by atoms with Crippen LogP contribution in [0.4, 0.5) is 0 Å². The summed E-state index contributed by atoms with van der Waals surface area (Å²) >= 11 is 5.79.